The van der Waals surface area contributed by atoms with Crippen LogP contribution in [0.5, 0.6) is 5.75 Å². The second-order valence-corrected chi connectivity index (χ2v) is 28.5. The molecule has 0 bridgehead atoms. The average Bonchev–Trinajstić information content (AvgIpc) is 0.798. The minimum Gasteiger partial charge on any atom is -0.508 e. The minimum atomic E-state index is -2.09. The largest absolute Gasteiger partial charge is 0.508 e. The molecule has 0 saturated heterocycles. The Bertz CT molecular complexity index is 3590. The first-order chi connectivity index (χ1) is 54.3. The summed E-state index contributed by atoms with van der Waals surface area (Å²) in [4.78, 5) is 265. The van der Waals surface area contributed by atoms with Crippen LogP contribution in [-0.2, 0) is 102 Å². The molecule has 1 aromatic carbocycles. The van der Waals surface area contributed by atoms with Gasteiger partial charge in [-0.2, -0.15) is 0 Å². The van der Waals surface area contributed by atoms with Crippen LogP contribution >= 0.6 is 0 Å². The number of aliphatic hydroxyl groups excluding tert-OH is 1. The fourth-order valence-corrected chi connectivity index (χ4v) is 10.8. The van der Waals surface area contributed by atoms with E-state index in [-0.39, 0.29) is 50.9 Å². The molecular weight excluding hydrogens is 1530 g/mol. The van der Waals surface area contributed by atoms with Gasteiger partial charge in [0.25, 0.3) is 0 Å². The normalized spacial score (nSPS) is 14.7. The van der Waals surface area contributed by atoms with Gasteiger partial charge in [-0.15, -0.1) is 0 Å². The summed E-state index contributed by atoms with van der Waals surface area (Å²) in [6.07, 6.45) is -5.14. The van der Waals surface area contributed by atoms with Crippen molar-refractivity contribution >= 4 is 118 Å². The molecule has 0 spiro atoms. The number of hydrogen-bond acceptors (Lipinski definition) is 25. The number of carbonyl (C=O) groups excluding carboxylic acids is 17. The third kappa shape index (κ3) is 39.3. The van der Waals surface area contributed by atoms with Gasteiger partial charge in [-0.25, -0.2) is 0 Å². The van der Waals surface area contributed by atoms with Crippen molar-refractivity contribution in [3.05, 3.63) is 29.8 Å². The van der Waals surface area contributed by atoms with E-state index in [1.54, 1.807) is 13.8 Å². The van der Waals surface area contributed by atoms with Gasteiger partial charge in [0.05, 0.1) is 25.6 Å². The summed E-state index contributed by atoms with van der Waals surface area (Å²) in [7, 11) is 0. The smallest absolute Gasteiger partial charge is 0.325 e. The lowest BCUT2D eigenvalue weighted by atomic mass is 9.98. The number of nitrogens with two attached hydrogens (primary N) is 6. The van der Waals surface area contributed by atoms with Gasteiger partial charge >= 0.3 is 17.9 Å². The molecule has 116 heavy (non-hydrogen) atoms. The van der Waals surface area contributed by atoms with E-state index in [9.17, 15) is 116 Å². The number of rotatable bonds is 57. The van der Waals surface area contributed by atoms with Crippen molar-refractivity contribution in [2.75, 3.05) is 26.2 Å². The number of nitrogens with one attached hydrogen (secondary N) is 14. The highest BCUT2D eigenvalue weighted by Gasteiger charge is 2.39. The standard InChI is InChI=1S/C71H116N20O25/c1-33(2)55(91-70(114)57(35(5)6)90-66(110)46(29-38-15-17-39(93)18-16-38)87-69(113)56(34(3)4)89-59(103)40(74)19-25-53(98)99)68(112)79-36(7)58(102)82-45(22-26-54(100)101)64(108)86-47(30-51(77)96)65(109)85-44(21-24-50(76)95)63(107)84-43(20-23-49(75)94)60(104)78-31-52(97)81-41(13-9-11-27-72)62(106)88-48(32-92)67(111)83-42(14-10-12-28-73)61(105)80-37(8)71(115)116/h15-18,33-37,40-48,55-57,92-93H,9-14,19-32,72-74H2,1-8H3,(H2,75,94)(H2,76,95)(H2,77,96)(H,78,104)(H,79,112)(H,80,105)(H,81,97)(H,82,102)(H,83,111)(H,84,107)(H,85,109)(H,86,108)(H,87,113)(H,88,106)(H,89,103)(H,90,110)(H,91,114)(H,98,99)(H,100,101)(H,115,116)/t36-,37-,40-,41-,42-,43-,44-,45-,46-,47-,48-,55-,56-,57-/m0/s1. The van der Waals surface area contributed by atoms with E-state index in [1.165, 1.54) is 58.9 Å². The molecule has 0 aromatic heterocycles. The van der Waals surface area contributed by atoms with Crippen LogP contribution in [0.1, 0.15) is 157 Å². The summed E-state index contributed by atoms with van der Waals surface area (Å²) in [6, 6.07) is -16.9. The number of phenols is 1. The third-order valence-electron chi connectivity index (χ3n) is 17.6. The Kier molecular flexibility index (Phi) is 46.4. The van der Waals surface area contributed by atoms with Gasteiger partial charge in [-0.3, -0.25) is 95.9 Å². The van der Waals surface area contributed by atoms with Crippen molar-refractivity contribution < 1.29 is 121 Å². The SMILES string of the molecule is CC(C)[C@H](NC(=O)[C@H](Cc1ccc(O)cc1)NC(=O)[C@@H](NC(=O)[C@@H](N)CCC(=O)O)C(C)C)C(=O)N[C@H](C(=O)N[C@@H](C)C(=O)N[C@@H](CCC(=O)O)C(=O)N[C@@H](CC(N)=O)C(=O)N[C@@H](CCC(N)=O)C(=O)N[C@@H](CCC(N)=O)C(=O)NCC(=O)N[C@@H](CCCCN)C(=O)N[C@@H](CO)C(=O)N[C@@H](CCCCN)C(=O)N[C@@H](C)C(=O)O)C(C)C. The molecule has 0 fully saturated rings. The Hall–Kier alpha value is -11.7. The second kappa shape index (κ2) is 52.6. The number of aliphatic hydroxyl groups is 1. The molecule has 0 saturated carbocycles. The summed E-state index contributed by atoms with van der Waals surface area (Å²) in [6.45, 7) is 9.87. The lowest BCUT2D eigenvalue weighted by Gasteiger charge is -2.30. The summed E-state index contributed by atoms with van der Waals surface area (Å²) in [5.41, 5.74) is 33.7. The van der Waals surface area contributed by atoms with Crippen LogP contribution in [0, 0.1) is 17.8 Å². The molecule has 45 heteroatoms. The first kappa shape index (κ1) is 102. The molecule has 45 nitrogen and oxygen atoms in total. The molecule has 0 radical (unpaired) electrons. The number of aliphatic carboxylic acids is 3. The molecule has 0 aliphatic heterocycles. The molecule has 1 rings (SSSR count). The van der Waals surface area contributed by atoms with Crippen molar-refractivity contribution in [3.63, 3.8) is 0 Å². The number of carboxylic acid groups (broad SMARTS) is 3. The van der Waals surface area contributed by atoms with Gasteiger partial charge in [0.2, 0.25) is 100 Å². The number of benzene rings is 1. The van der Waals surface area contributed by atoms with Crippen LogP contribution < -0.4 is 109 Å². The number of unbranched alkanes of at least 4 members (excludes halogenated alkanes) is 2. The fourth-order valence-electron chi connectivity index (χ4n) is 10.8. The van der Waals surface area contributed by atoms with E-state index in [1.807, 2.05) is 0 Å². The number of amides is 17. The number of phenolic OH excluding ortho intramolecular Hbond substituents is 1. The monoisotopic (exact) mass is 1650 g/mol. The average molecular weight is 1650 g/mol. The van der Waals surface area contributed by atoms with Crippen molar-refractivity contribution in [2.45, 2.75) is 243 Å². The summed E-state index contributed by atoms with van der Waals surface area (Å²) in [5, 5.41) is 81.1. The van der Waals surface area contributed by atoms with E-state index in [2.05, 4.69) is 74.4 Å². The second-order valence-electron chi connectivity index (χ2n) is 28.5. The first-order valence-electron chi connectivity index (χ1n) is 37.5. The van der Waals surface area contributed by atoms with Gasteiger partial charge in [0, 0.05) is 32.1 Å². The van der Waals surface area contributed by atoms with E-state index in [0.717, 1.165) is 6.92 Å². The lowest BCUT2D eigenvalue weighted by molar-refractivity contribution is -0.142. The number of carbonyl (C=O) groups is 20. The maximum absolute atomic E-state index is 14.3. The van der Waals surface area contributed by atoms with E-state index >= 15 is 0 Å². The predicted octanol–water partition coefficient (Wildman–Crippen LogP) is -8.84. The van der Waals surface area contributed by atoms with Crippen molar-refractivity contribution in [3.8, 4) is 5.75 Å². The maximum atomic E-state index is 14.3. The highest BCUT2D eigenvalue weighted by molar-refractivity contribution is 6.01. The highest BCUT2D eigenvalue weighted by atomic mass is 16.4. The third-order valence-corrected chi connectivity index (χ3v) is 17.6. The highest BCUT2D eigenvalue weighted by Crippen LogP contribution is 2.16. The Labute approximate surface area is 668 Å². The Morgan fingerprint density at radius 2 is 0.698 bits per heavy atom. The zero-order chi connectivity index (χ0) is 88.4. The summed E-state index contributed by atoms with van der Waals surface area (Å²) < 4.78 is 0. The summed E-state index contributed by atoms with van der Waals surface area (Å²) >= 11 is 0. The van der Waals surface area contributed by atoms with Gasteiger partial charge in [-0.05, 0) is 127 Å². The van der Waals surface area contributed by atoms with Gasteiger partial charge in [-0.1, -0.05) is 53.7 Å². The Morgan fingerprint density at radius 1 is 0.353 bits per heavy atom. The first-order valence-corrected chi connectivity index (χ1v) is 37.5. The van der Waals surface area contributed by atoms with Crippen LogP contribution in [0.4, 0.5) is 0 Å². The zero-order valence-corrected chi connectivity index (χ0v) is 66.1. The Morgan fingerprint density at radius 3 is 1.14 bits per heavy atom. The zero-order valence-electron chi connectivity index (χ0n) is 66.1. The molecule has 1 aromatic rings. The van der Waals surface area contributed by atoms with E-state index < -0.39 is 285 Å². The van der Waals surface area contributed by atoms with Crippen LogP contribution in [-0.4, -0.2) is 255 Å². The molecule has 0 aliphatic rings. The molecule has 650 valence electrons. The van der Waals surface area contributed by atoms with Crippen molar-refractivity contribution in [2.24, 2.45) is 52.2 Å². The van der Waals surface area contributed by atoms with Crippen LogP contribution in [0.25, 0.3) is 0 Å². The Balaban J connectivity index is 3.51. The number of hydrogen-bond donors (Lipinski definition) is 25. The van der Waals surface area contributed by atoms with Gasteiger partial charge < -0.3 is 134 Å². The molecule has 0 heterocycles. The number of carboxylic acids is 3. The molecule has 0 aliphatic carbocycles. The van der Waals surface area contributed by atoms with Crippen LogP contribution in [0.3, 0.4) is 0 Å². The van der Waals surface area contributed by atoms with E-state index in [4.69, 9.17) is 39.5 Å². The van der Waals surface area contributed by atoms with Crippen molar-refractivity contribution in [1.29, 1.82) is 0 Å². The molecule has 0 unspecified atom stereocenters. The predicted molar refractivity (Wildman–Crippen MR) is 409 cm³/mol. The molecule has 14 atom stereocenters. The molecular formula is C71H116N20O25. The number of aromatic hydroxyl groups is 1. The van der Waals surface area contributed by atoms with Crippen LogP contribution in [0.15, 0.2) is 24.3 Å². The maximum Gasteiger partial charge on any atom is 0.325 e. The quantitative estimate of drug-likeness (QED) is 0.0269. The molecule has 31 N–H and O–H groups in total. The van der Waals surface area contributed by atoms with Crippen molar-refractivity contribution in [1.82, 2.24) is 74.4 Å². The lowest BCUT2D eigenvalue weighted by Crippen LogP contribution is -2.62. The molecule has 17 amide bonds. The van der Waals surface area contributed by atoms with Gasteiger partial charge in [0.15, 0.2) is 0 Å². The topological polar surface area (TPSA) is 767 Å². The van der Waals surface area contributed by atoms with Crippen LogP contribution in [0.2, 0.25) is 0 Å². The number of primary amides is 3. The minimum absolute atomic E-state index is 0.0277. The van der Waals surface area contributed by atoms with Gasteiger partial charge in [0.1, 0.15) is 84.3 Å². The summed E-state index contributed by atoms with van der Waals surface area (Å²) in [5.74, 6) is -24.9. The van der Waals surface area contributed by atoms with E-state index in [0.29, 0.717) is 24.8 Å². The fraction of sp³-hybridized carbons (Fsp3) is 0.634.